The molecule has 1 aromatic heterocycles. The summed E-state index contributed by atoms with van der Waals surface area (Å²) in [5, 5.41) is 0. The lowest BCUT2D eigenvalue weighted by Gasteiger charge is -2.40. The maximum absolute atomic E-state index is 13.4. The van der Waals surface area contributed by atoms with Gasteiger partial charge in [-0.1, -0.05) is 12.8 Å². The number of nitrogens with two attached hydrogens (primary N) is 1. The number of rotatable bonds is 2. The molecule has 1 fully saturated rings. The molecule has 1 aliphatic heterocycles. The van der Waals surface area contributed by atoms with Gasteiger partial charge in [-0.2, -0.15) is 0 Å². The van der Waals surface area contributed by atoms with Crippen LogP contribution in [0.15, 0.2) is 23.5 Å². The maximum Gasteiger partial charge on any atom is 0.192 e. The van der Waals surface area contributed by atoms with Crippen molar-refractivity contribution in [3.05, 3.63) is 29.8 Å². The fourth-order valence-corrected chi connectivity index (χ4v) is 3.33. The van der Waals surface area contributed by atoms with Crippen molar-refractivity contribution in [1.29, 1.82) is 0 Å². The summed E-state index contributed by atoms with van der Waals surface area (Å²) in [7, 11) is 0. The van der Waals surface area contributed by atoms with Crippen LogP contribution < -0.4 is 5.73 Å². The van der Waals surface area contributed by atoms with Crippen molar-refractivity contribution in [3.8, 4) is 0 Å². The van der Waals surface area contributed by atoms with Crippen LogP contribution in [0, 0.1) is 5.82 Å². The van der Waals surface area contributed by atoms with Crippen LogP contribution in [0.2, 0.25) is 0 Å². The summed E-state index contributed by atoms with van der Waals surface area (Å²) >= 11 is 0. The van der Waals surface area contributed by atoms with Gasteiger partial charge >= 0.3 is 0 Å². The molecule has 0 radical (unpaired) electrons. The van der Waals surface area contributed by atoms with E-state index >= 15 is 0 Å². The quantitative estimate of drug-likeness (QED) is 0.887. The van der Waals surface area contributed by atoms with Crippen molar-refractivity contribution >= 4 is 5.96 Å². The standard InChI is InChI=1S/C14H19FN4/c1-14(10-6-11(15)8-17-7-10)9-18-13(16)19(14)12-4-2-3-5-12/h6-8,12H,2-5,9H2,1H3,(H2,16,18). The topological polar surface area (TPSA) is 54.5 Å². The van der Waals surface area contributed by atoms with Gasteiger partial charge in [-0.25, -0.2) is 4.39 Å². The highest BCUT2D eigenvalue weighted by molar-refractivity contribution is 5.81. The van der Waals surface area contributed by atoms with E-state index in [-0.39, 0.29) is 11.4 Å². The van der Waals surface area contributed by atoms with Gasteiger partial charge in [0.05, 0.1) is 18.3 Å². The molecule has 1 saturated carbocycles. The predicted molar refractivity (Wildman–Crippen MR) is 72.1 cm³/mol. The molecule has 3 rings (SSSR count). The van der Waals surface area contributed by atoms with Gasteiger partial charge in [0.2, 0.25) is 0 Å². The Morgan fingerprint density at radius 1 is 1.37 bits per heavy atom. The second kappa shape index (κ2) is 4.47. The third-order valence-corrected chi connectivity index (χ3v) is 4.34. The lowest BCUT2D eigenvalue weighted by atomic mass is 9.90. The normalized spacial score (nSPS) is 27.9. The number of aliphatic imine (C=N–C) groups is 1. The zero-order valence-electron chi connectivity index (χ0n) is 11.1. The smallest absolute Gasteiger partial charge is 0.192 e. The summed E-state index contributed by atoms with van der Waals surface area (Å²) < 4.78 is 13.4. The van der Waals surface area contributed by atoms with Crippen molar-refractivity contribution in [2.24, 2.45) is 10.7 Å². The van der Waals surface area contributed by atoms with Gasteiger partial charge in [0.1, 0.15) is 5.82 Å². The number of guanidine groups is 1. The minimum atomic E-state index is -0.367. The van der Waals surface area contributed by atoms with Crippen molar-refractivity contribution in [3.63, 3.8) is 0 Å². The molecule has 1 aromatic rings. The van der Waals surface area contributed by atoms with Gasteiger partial charge in [0.25, 0.3) is 0 Å². The minimum Gasteiger partial charge on any atom is -0.370 e. The van der Waals surface area contributed by atoms with Gasteiger partial charge in [-0.15, -0.1) is 0 Å². The maximum atomic E-state index is 13.4. The van der Waals surface area contributed by atoms with Crippen molar-refractivity contribution in [2.75, 3.05) is 6.54 Å². The van der Waals surface area contributed by atoms with E-state index in [4.69, 9.17) is 5.73 Å². The average Bonchev–Trinajstić information content (AvgIpc) is 2.99. The summed E-state index contributed by atoms with van der Waals surface area (Å²) in [4.78, 5) is 10.5. The second-order valence-electron chi connectivity index (χ2n) is 5.65. The largest absolute Gasteiger partial charge is 0.370 e. The lowest BCUT2D eigenvalue weighted by Crippen LogP contribution is -2.52. The van der Waals surface area contributed by atoms with E-state index in [1.54, 1.807) is 12.3 Å². The summed E-state index contributed by atoms with van der Waals surface area (Å²) in [5.41, 5.74) is 6.56. The Labute approximate surface area is 112 Å². The summed E-state index contributed by atoms with van der Waals surface area (Å²) in [6, 6.07) is 1.96. The molecule has 2 heterocycles. The lowest BCUT2D eigenvalue weighted by molar-refractivity contribution is 0.166. The molecular formula is C14H19FN4. The van der Waals surface area contributed by atoms with Crippen LogP contribution in [0.5, 0.6) is 0 Å². The highest BCUT2D eigenvalue weighted by atomic mass is 19.1. The van der Waals surface area contributed by atoms with E-state index in [1.807, 2.05) is 0 Å². The van der Waals surface area contributed by atoms with Gasteiger partial charge in [-0.3, -0.25) is 9.98 Å². The van der Waals surface area contributed by atoms with Gasteiger partial charge in [0.15, 0.2) is 5.96 Å². The first-order valence-corrected chi connectivity index (χ1v) is 6.81. The zero-order valence-corrected chi connectivity index (χ0v) is 11.1. The molecular weight excluding hydrogens is 243 g/mol. The second-order valence-corrected chi connectivity index (χ2v) is 5.65. The highest BCUT2D eigenvalue weighted by Crippen LogP contribution is 2.38. The number of pyridine rings is 1. The Morgan fingerprint density at radius 3 is 2.79 bits per heavy atom. The first kappa shape index (κ1) is 12.4. The molecule has 2 N–H and O–H groups in total. The first-order chi connectivity index (χ1) is 9.11. The Hall–Kier alpha value is -1.65. The molecule has 0 saturated heterocycles. The summed E-state index contributed by atoms with van der Waals surface area (Å²) in [6.45, 7) is 2.64. The fraction of sp³-hybridized carbons (Fsp3) is 0.571. The highest BCUT2D eigenvalue weighted by Gasteiger charge is 2.44. The first-order valence-electron chi connectivity index (χ1n) is 6.81. The number of aromatic nitrogens is 1. The number of halogens is 1. The van der Waals surface area contributed by atoms with E-state index in [9.17, 15) is 4.39 Å². The minimum absolute atomic E-state index is 0.310. The Morgan fingerprint density at radius 2 is 2.11 bits per heavy atom. The van der Waals surface area contributed by atoms with Crippen molar-refractivity contribution in [2.45, 2.75) is 44.2 Å². The molecule has 102 valence electrons. The molecule has 0 amide bonds. The molecule has 1 aliphatic carbocycles. The van der Waals surface area contributed by atoms with Crippen molar-refractivity contribution in [1.82, 2.24) is 9.88 Å². The van der Waals surface area contributed by atoms with E-state index < -0.39 is 0 Å². The van der Waals surface area contributed by atoms with Gasteiger partial charge in [0, 0.05) is 17.8 Å². The third-order valence-electron chi connectivity index (χ3n) is 4.34. The SMILES string of the molecule is CC1(c2cncc(F)c2)CN=C(N)N1C1CCCC1. The summed E-state index contributed by atoms with van der Waals surface area (Å²) in [5.74, 6) is 0.272. The van der Waals surface area contributed by atoms with E-state index in [2.05, 4.69) is 21.8 Å². The number of nitrogens with zero attached hydrogens (tertiary/aromatic N) is 3. The zero-order chi connectivity index (χ0) is 13.5. The summed E-state index contributed by atoms with van der Waals surface area (Å²) in [6.07, 6.45) is 7.67. The molecule has 4 nitrogen and oxygen atoms in total. The van der Waals surface area contributed by atoms with Crippen LogP contribution in [0.1, 0.15) is 38.2 Å². The molecule has 0 bridgehead atoms. The van der Waals surface area contributed by atoms with E-state index in [1.165, 1.54) is 19.0 Å². The molecule has 5 heteroatoms. The molecule has 19 heavy (non-hydrogen) atoms. The van der Waals surface area contributed by atoms with Crippen LogP contribution >= 0.6 is 0 Å². The Balaban J connectivity index is 1.97. The molecule has 1 unspecified atom stereocenters. The van der Waals surface area contributed by atoms with Crippen LogP contribution in [0.25, 0.3) is 0 Å². The number of hydrogen-bond donors (Lipinski definition) is 1. The van der Waals surface area contributed by atoms with Gasteiger partial charge < -0.3 is 10.6 Å². The molecule has 0 spiro atoms. The van der Waals surface area contributed by atoms with Crippen molar-refractivity contribution < 1.29 is 4.39 Å². The average molecular weight is 262 g/mol. The fourth-order valence-electron chi connectivity index (χ4n) is 3.33. The van der Waals surface area contributed by atoms with Crippen LogP contribution in [0.3, 0.4) is 0 Å². The Bertz CT molecular complexity index is 510. The Kier molecular flexibility index (Phi) is 2.92. The van der Waals surface area contributed by atoms with Crippen LogP contribution in [0.4, 0.5) is 4.39 Å². The molecule has 2 aliphatic rings. The predicted octanol–water partition coefficient (Wildman–Crippen LogP) is 2.01. The van der Waals surface area contributed by atoms with E-state index in [0.29, 0.717) is 18.5 Å². The third kappa shape index (κ3) is 1.97. The number of hydrogen-bond acceptors (Lipinski definition) is 4. The van der Waals surface area contributed by atoms with Gasteiger partial charge in [-0.05, 0) is 25.8 Å². The van der Waals surface area contributed by atoms with E-state index in [0.717, 1.165) is 18.4 Å². The van der Waals surface area contributed by atoms with Crippen LogP contribution in [-0.4, -0.2) is 28.4 Å². The monoisotopic (exact) mass is 262 g/mol. The molecule has 0 aromatic carbocycles. The molecule has 1 atom stereocenters. The van der Waals surface area contributed by atoms with Crippen LogP contribution in [-0.2, 0) is 5.54 Å².